The average Bonchev–Trinajstić information content (AvgIpc) is 2.78. The molecule has 176 valence electrons. The lowest BCUT2D eigenvalue weighted by Crippen LogP contribution is -2.49. The Bertz CT molecular complexity index is 1230. The van der Waals surface area contributed by atoms with E-state index in [4.69, 9.17) is 23.2 Å². The summed E-state index contributed by atoms with van der Waals surface area (Å²) in [5, 5.41) is 11.3. The smallest absolute Gasteiger partial charge is 0.412 e. The van der Waals surface area contributed by atoms with Crippen LogP contribution in [0.25, 0.3) is 5.70 Å². The highest BCUT2D eigenvalue weighted by molar-refractivity contribution is 6.32. The fraction of sp³-hybridized carbons (Fsp3) is 0.167. The Morgan fingerprint density at radius 3 is 2.62 bits per heavy atom. The first-order valence-corrected chi connectivity index (χ1v) is 10.9. The zero-order chi connectivity index (χ0) is 24.6. The molecule has 0 fully saturated rings. The highest BCUT2D eigenvalue weighted by Gasteiger charge is 2.46. The van der Waals surface area contributed by atoms with Gasteiger partial charge in [-0.1, -0.05) is 54.6 Å². The highest BCUT2D eigenvalue weighted by atomic mass is 35.5. The van der Waals surface area contributed by atoms with Gasteiger partial charge in [0, 0.05) is 28.7 Å². The normalized spacial score (nSPS) is 21.3. The van der Waals surface area contributed by atoms with E-state index >= 15 is 0 Å². The van der Waals surface area contributed by atoms with E-state index in [1.165, 1.54) is 29.3 Å². The van der Waals surface area contributed by atoms with Gasteiger partial charge in [0.2, 0.25) is 0 Å². The van der Waals surface area contributed by atoms with Crippen molar-refractivity contribution in [2.45, 2.75) is 24.0 Å². The second-order valence-corrected chi connectivity index (χ2v) is 8.68. The van der Waals surface area contributed by atoms with E-state index in [0.29, 0.717) is 17.0 Å². The standard InChI is InChI=1S/C24H18Cl2F3N3O2/c1-13-9-20(14-5-3-2-4-6-14)31-22-18(11-16(26)12-32(13)22)21(24(27,28)29)30-19-8-7-15(25)10-17(19)23(33)34/h2-6,8-12,15,21,30H,1,7H2,(H,33,34)/t15?,21-/m0/s1. The summed E-state index contributed by atoms with van der Waals surface area (Å²) in [6, 6.07) is 6.66. The van der Waals surface area contributed by atoms with Crippen molar-refractivity contribution >= 4 is 40.7 Å². The Balaban J connectivity index is 1.78. The highest BCUT2D eigenvalue weighted by Crippen LogP contribution is 2.37. The number of carboxylic acids is 1. The molecule has 34 heavy (non-hydrogen) atoms. The zero-order valence-electron chi connectivity index (χ0n) is 17.5. The molecule has 1 aromatic rings. The summed E-state index contributed by atoms with van der Waals surface area (Å²) in [6.45, 7) is 3.95. The topological polar surface area (TPSA) is 64.9 Å². The van der Waals surface area contributed by atoms with Crippen LogP contribution in [-0.2, 0) is 4.79 Å². The molecule has 0 aromatic heterocycles. The largest absolute Gasteiger partial charge is 0.478 e. The van der Waals surface area contributed by atoms with Crippen LogP contribution in [-0.4, -0.2) is 39.4 Å². The lowest BCUT2D eigenvalue weighted by Gasteiger charge is -2.36. The summed E-state index contributed by atoms with van der Waals surface area (Å²) < 4.78 is 43.1. The van der Waals surface area contributed by atoms with Crippen LogP contribution in [0.2, 0.25) is 0 Å². The lowest BCUT2D eigenvalue weighted by molar-refractivity contribution is -0.144. The Labute approximate surface area is 203 Å². The number of nitrogens with one attached hydrogen (secondary N) is 1. The molecule has 1 aliphatic carbocycles. The molecule has 0 saturated carbocycles. The number of hydrogen-bond donors (Lipinski definition) is 2. The van der Waals surface area contributed by atoms with Crippen LogP contribution in [0.15, 0.2) is 100.0 Å². The number of benzene rings is 1. The molecule has 2 aliphatic heterocycles. The van der Waals surface area contributed by atoms with E-state index in [0.717, 1.165) is 0 Å². The summed E-state index contributed by atoms with van der Waals surface area (Å²) >= 11 is 12.2. The van der Waals surface area contributed by atoms with E-state index in [9.17, 15) is 23.1 Å². The van der Waals surface area contributed by atoms with Crippen molar-refractivity contribution in [3.05, 3.63) is 101 Å². The van der Waals surface area contributed by atoms with Crippen LogP contribution in [0.5, 0.6) is 0 Å². The maximum Gasteiger partial charge on any atom is 0.412 e. The van der Waals surface area contributed by atoms with Gasteiger partial charge in [0.05, 0.1) is 21.7 Å². The Morgan fingerprint density at radius 2 is 1.97 bits per heavy atom. The van der Waals surface area contributed by atoms with E-state index in [-0.39, 0.29) is 34.1 Å². The molecule has 4 rings (SSSR count). The number of allylic oxidation sites excluding steroid dienone is 5. The first-order chi connectivity index (χ1) is 16.0. The van der Waals surface area contributed by atoms with Gasteiger partial charge in [-0.3, -0.25) is 0 Å². The molecule has 0 spiro atoms. The summed E-state index contributed by atoms with van der Waals surface area (Å²) in [4.78, 5) is 17.5. The third kappa shape index (κ3) is 4.83. The molecule has 5 nitrogen and oxygen atoms in total. The number of carbonyl (C=O) groups is 1. The molecule has 1 unspecified atom stereocenters. The van der Waals surface area contributed by atoms with Crippen LogP contribution in [0.1, 0.15) is 12.0 Å². The second-order valence-electron chi connectivity index (χ2n) is 7.68. The predicted octanol–water partition coefficient (Wildman–Crippen LogP) is 5.70. The first kappa shape index (κ1) is 23.9. The van der Waals surface area contributed by atoms with Crippen molar-refractivity contribution in [1.82, 2.24) is 10.2 Å². The van der Waals surface area contributed by atoms with Gasteiger partial charge in [-0.25, -0.2) is 9.79 Å². The number of halogens is 5. The fourth-order valence-electron chi connectivity index (χ4n) is 3.75. The van der Waals surface area contributed by atoms with Crippen LogP contribution in [0.4, 0.5) is 13.2 Å². The number of carboxylic acid groups (broad SMARTS) is 1. The minimum Gasteiger partial charge on any atom is -0.478 e. The summed E-state index contributed by atoms with van der Waals surface area (Å²) in [7, 11) is 0. The van der Waals surface area contributed by atoms with Crippen molar-refractivity contribution in [1.29, 1.82) is 0 Å². The molecular weight excluding hydrogens is 490 g/mol. The zero-order valence-corrected chi connectivity index (χ0v) is 19.0. The van der Waals surface area contributed by atoms with Gasteiger partial charge >= 0.3 is 12.1 Å². The van der Waals surface area contributed by atoms with E-state index < -0.39 is 23.6 Å². The molecule has 2 atom stereocenters. The third-order valence-corrected chi connectivity index (χ3v) is 5.81. The summed E-state index contributed by atoms with van der Waals surface area (Å²) in [6.07, 6.45) is 2.16. The molecular formula is C24H18Cl2F3N3O2. The monoisotopic (exact) mass is 507 g/mol. The SMILES string of the molecule is C=C1C=C(c2ccccc2)N=C2C([C@H](NC3=CCC(Cl)C=C3C(=O)O)C(F)(F)F)=CC(Cl)=CN12. The third-order valence-electron chi connectivity index (χ3n) is 5.29. The number of rotatable bonds is 5. The number of fused-ring (bicyclic) bond motifs is 1. The number of amidine groups is 1. The Hall–Kier alpha value is -3.23. The van der Waals surface area contributed by atoms with Gasteiger partial charge in [-0.15, -0.1) is 11.6 Å². The molecule has 0 amide bonds. The van der Waals surface area contributed by atoms with Crippen LogP contribution >= 0.6 is 23.2 Å². The van der Waals surface area contributed by atoms with Crippen molar-refractivity contribution in [2.24, 2.45) is 4.99 Å². The number of aliphatic imine (C=N–C) groups is 1. The van der Waals surface area contributed by atoms with Crippen LogP contribution in [0, 0.1) is 0 Å². The molecule has 2 heterocycles. The van der Waals surface area contributed by atoms with Gasteiger partial charge in [0.25, 0.3) is 0 Å². The van der Waals surface area contributed by atoms with Gasteiger partial charge in [0.15, 0.2) is 6.04 Å². The van der Waals surface area contributed by atoms with Gasteiger partial charge in [-0.05, 0) is 24.6 Å². The van der Waals surface area contributed by atoms with Crippen molar-refractivity contribution in [3.8, 4) is 0 Å². The second kappa shape index (κ2) is 9.19. The molecule has 3 aliphatic rings. The van der Waals surface area contributed by atoms with Crippen LogP contribution in [0.3, 0.4) is 0 Å². The predicted molar refractivity (Wildman–Crippen MR) is 126 cm³/mol. The first-order valence-electron chi connectivity index (χ1n) is 10.1. The molecule has 2 N–H and O–H groups in total. The summed E-state index contributed by atoms with van der Waals surface area (Å²) in [5.74, 6) is -1.40. The lowest BCUT2D eigenvalue weighted by atomic mass is 9.96. The Morgan fingerprint density at radius 1 is 1.26 bits per heavy atom. The molecule has 10 heteroatoms. The minimum absolute atomic E-state index is 0.0157. The summed E-state index contributed by atoms with van der Waals surface area (Å²) in [5.41, 5.74) is 0.714. The fourth-order valence-corrected chi connectivity index (χ4v) is 4.18. The molecule has 0 radical (unpaired) electrons. The number of nitrogens with zero attached hydrogens (tertiary/aromatic N) is 2. The van der Waals surface area contributed by atoms with Gasteiger partial charge in [0.1, 0.15) is 5.84 Å². The molecule has 0 saturated heterocycles. The maximum atomic E-state index is 14.4. The number of hydrogen-bond acceptors (Lipinski definition) is 4. The molecule has 0 bridgehead atoms. The minimum atomic E-state index is -4.81. The van der Waals surface area contributed by atoms with Crippen molar-refractivity contribution in [2.75, 3.05) is 0 Å². The quantitative estimate of drug-likeness (QED) is 0.501. The number of aliphatic carboxylic acids is 1. The molecule has 1 aromatic carbocycles. The van der Waals surface area contributed by atoms with Gasteiger partial charge < -0.3 is 15.3 Å². The number of alkyl halides is 4. The van der Waals surface area contributed by atoms with Crippen LogP contribution < -0.4 is 5.32 Å². The van der Waals surface area contributed by atoms with Crippen molar-refractivity contribution in [3.63, 3.8) is 0 Å². The Kier molecular flexibility index (Phi) is 6.47. The maximum absolute atomic E-state index is 14.4. The van der Waals surface area contributed by atoms with E-state index in [1.807, 2.05) is 6.07 Å². The average molecular weight is 508 g/mol. The van der Waals surface area contributed by atoms with E-state index in [1.54, 1.807) is 30.3 Å². The van der Waals surface area contributed by atoms with Crippen molar-refractivity contribution < 1.29 is 23.1 Å². The van der Waals surface area contributed by atoms with Gasteiger partial charge in [-0.2, -0.15) is 13.2 Å². The van der Waals surface area contributed by atoms with E-state index in [2.05, 4.69) is 16.9 Å².